The average Bonchev–Trinajstić information content (AvgIpc) is 2.56. The first-order chi connectivity index (χ1) is 11.5. The molecule has 0 aliphatic heterocycles. The molecule has 0 aliphatic carbocycles. The lowest BCUT2D eigenvalue weighted by molar-refractivity contribution is 0.806. The van der Waals surface area contributed by atoms with E-state index < -0.39 is 0 Å². The number of hydrazone groups is 1. The van der Waals surface area contributed by atoms with E-state index in [0.29, 0.717) is 15.1 Å². The molecule has 3 nitrogen and oxygen atoms in total. The summed E-state index contributed by atoms with van der Waals surface area (Å²) in [5, 5.41) is 11.6. The van der Waals surface area contributed by atoms with E-state index >= 15 is 0 Å². The molecule has 0 heterocycles. The topological polar surface area (TPSA) is 27.6 Å². The maximum absolute atomic E-state index is 6.15. The van der Waals surface area contributed by atoms with Crippen LogP contribution in [0.15, 0.2) is 41.5 Å². The normalized spacial score (nSPS) is 11.5. The molecule has 128 valence electrons. The quantitative estimate of drug-likeness (QED) is 0.465. The molecule has 0 aliphatic rings. The summed E-state index contributed by atoms with van der Waals surface area (Å²) >= 11 is 18.3. The summed E-state index contributed by atoms with van der Waals surface area (Å²) in [5.74, 6) is 0. The summed E-state index contributed by atoms with van der Waals surface area (Å²) < 4.78 is 0. The van der Waals surface area contributed by atoms with E-state index in [9.17, 15) is 0 Å². The van der Waals surface area contributed by atoms with Gasteiger partial charge in [-0.15, -0.1) is 0 Å². The summed E-state index contributed by atoms with van der Waals surface area (Å²) in [4.78, 5) is 0. The van der Waals surface area contributed by atoms with E-state index in [-0.39, 0.29) is 0 Å². The number of anilines is 2. The second kappa shape index (κ2) is 8.61. The van der Waals surface area contributed by atoms with Crippen molar-refractivity contribution in [3.8, 4) is 0 Å². The monoisotopic (exact) mass is 383 g/mol. The van der Waals surface area contributed by atoms with Crippen molar-refractivity contribution in [1.29, 1.82) is 0 Å². The van der Waals surface area contributed by atoms with Crippen LogP contribution in [-0.2, 0) is 0 Å². The highest BCUT2D eigenvalue weighted by Crippen LogP contribution is 2.28. The van der Waals surface area contributed by atoms with Gasteiger partial charge in [0.05, 0.1) is 21.4 Å². The highest BCUT2D eigenvalue weighted by molar-refractivity contribution is 6.42. The molecule has 2 aromatic carbocycles. The van der Waals surface area contributed by atoms with Crippen molar-refractivity contribution in [3.05, 3.63) is 57.0 Å². The molecule has 6 heteroatoms. The van der Waals surface area contributed by atoms with Crippen LogP contribution >= 0.6 is 34.8 Å². The number of hydrogen-bond acceptors (Lipinski definition) is 3. The van der Waals surface area contributed by atoms with Gasteiger partial charge in [0.25, 0.3) is 0 Å². The molecule has 0 saturated carbocycles. The zero-order chi connectivity index (χ0) is 17.7. The Labute approximate surface area is 158 Å². The van der Waals surface area contributed by atoms with Crippen LogP contribution in [0.25, 0.3) is 0 Å². The smallest absolute Gasteiger partial charge is 0.0672 e. The Balaban J connectivity index is 2.43. The van der Waals surface area contributed by atoms with Gasteiger partial charge in [0.1, 0.15) is 0 Å². The first-order valence-corrected chi connectivity index (χ1v) is 8.85. The summed E-state index contributed by atoms with van der Waals surface area (Å²) in [6.07, 6.45) is 0.950. The molecule has 0 unspecified atom stereocenters. The minimum Gasteiger partial charge on any atom is -0.388 e. The number of halogens is 3. The molecule has 0 fully saturated rings. The predicted molar refractivity (Wildman–Crippen MR) is 107 cm³/mol. The molecule has 0 atom stereocenters. The lowest BCUT2D eigenvalue weighted by atomic mass is 10.1. The van der Waals surface area contributed by atoms with E-state index in [4.69, 9.17) is 39.9 Å². The fraction of sp³-hybridized carbons (Fsp3) is 0.278. The van der Waals surface area contributed by atoms with Crippen molar-refractivity contribution >= 4 is 51.9 Å². The maximum Gasteiger partial charge on any atom is 0.0672 e. The third-order valence-corrected chi connectivity index (χ3v) is 4.52. The third-order valence-electron chi connectivity index (χ3n) is 3.55. The fourth-order valence-corrected chi connectivity index (χ4v) is 2.83. The number of nitrogens with one attached hydrogen (secondary N) is 1. The van der Waals surface area contributed by atoms with E-state index in [1.807, 2.05) is 49.3 Å². The molecular weight excluding hydrogens is 365 g/mol. The lowest BCUT2D eigenvalue weighted by Gasteiger charge is -2.21. The van der Waals surface area contributed by atoms with Gasteiger partial charge in [-0.3, -0.25) is 5.01 Å². The fourth-order valence-electron chi connectivity index (χ4n) is 2.36. The minimum absolute atomic E-state index is 0.516. The van der Waals surface area contributed by atoms with Crippen molar-refractivity contribution in [2.75, 3.05) is 23.9 Å². The molecule has 2 rings (SSSR count). The SMILES string of the molecule is CCCN(/N=C(/C)c1cc(Cl)ccc1NC)c1ccc(Cl)c(Cl)c1. The first kappa shape index (κ1) is 18.9. The zero-order valence-corrected chi connectivity index (χ0v) is 16.2. The number of benzene rings is 2. The van der Waals surface area contributed by atoms with E-state index in [0.717, 1.165) is 35.6 Å². The molecular formula is C18H20Cl3N3. The second-order valence-electron chi connectivity index (χ2n) is 5.35. The van der Waals surface area contributed by atoms with Crippen molar-refractivity contribution in [3.63, 3.8) is 0 Å². The molecule has 2 aromatic rings. The second-order valence-corrected chi connectivity index (χ2v) is 6.60. The van der Waals surface area contributed by atoms with Crippen LogP contribution in [0.3, 0.4) is 0 Å². The van der Waals surface area contributed by atoms with Gasteiger partial charge in [-0.1, -0.05) is 41.7 Å². The van der Waals surface area contributed by atoms with E-state index in [2.05, 4.69) is 12.2 Å². The van der Waals surface area contributed by atoms with Crippen LogP contribution in [0.1, 0.15) is 25.8 Å². The summed E-state index contributed by atoms with van der Waals surface area (Å²) in [6.45, 7) is 4.84. The average molecular weight is 385 g/mol. The standard InChI is InChI=1S/C18H20Cl3N3/c1-4-9-24(14-6-7-16(20)17(21)11-14)23-12(2)15-10-13(19)5-8-18(15)22-3/h5-8,10-11,22H,4,9H2,1-3H3/b23-12-. The van der Waals surface area contributed by atoms with Crippen LogP contribution in [-0.4, -0.2) is 19.3 Å². The third kappa shape index (κ3) is 4.56. The Morgan fingerprint density at radius 2 is 1.83 bits per heavy atom. The lowest BCUT2D eigenvalue weighted by Crippen LogP contribution is -2.20. The highest BCUT2D eigenvalue weighted by Gasteiger charge is 2.11. The Morgan fingerprint density at radius 3 is 2.46 bits per heavy atom. The Morgan fingerprint density at radius 1 is 1.08 bits per heavy atom. The maximum atomic E-state index is 6.15. The van der Waals surface area contributed by atoms with Crippen molar-refractivity contribution in [2.45, 2.75) is 20.3 Å². The Bertz CT molecular complexity index is 744. The van der Waals surface area contributed by atoms with Gasteiger partial charge in [0, 0.05) is 29.9 Å². The molecule has 0 saturated heterocycles. The van der Waals surface area contributed by atoms with Gasteiger partial charge >= 0.3 is 0 Å². The van der Waals surface area contributed by atoms with E-state index in [1.165, 1.54) is 0 Å². The van der Waals surface area contributed by atoms with Crippen molar-refractivity contribution < 1.29 is 0 Å². The molecule has 24 heavy (non-hydrogen) atoms. The van der Waals surface area contributed by atoms with Gasteiger partial charge in [-0.2, -0.15) is 5.10 Å². The molecule has 0 bridgehead atoms. The van der Waals surface area contributed by atoms with Crippen LogP contribution in [0.4, 0.5) is 11.4 Å². The molecule has 1 N–H and O–H groups in total. The minimum atomic E-state index is 0.516. The largest absolute Gasteiger partial charge is 0.388 e. The van der Waals surface area contributed by atoms with Crippen LogP contribution in [0.2, 0.25) is 15.1 Å². The van der Waals surface area contributed by atoms with Gasteiger partial charge in [-0.05, 0) is 49.7 Å². The highest BCUT2D eigenvalue weighted by atomic mass is 35.5. The number of hydrogen-bond donors (Lipinski definition) is 1. The first-order valence-electron chi connectivity index (χ1n) is 7.71. The van der Waals surface area contributed by atoms with Crippen LogP contribution < -0.4 is 10.3 Å². The summed E-state index contributed by atoms with van der Waals surface area (Å²) in [5.41, 5.74) is 3.71. The Kier molecular flexibility index (Phi) is 6.79. The predicted octanol–water partition coefficient (Wildman–Crippen LogP) is 6.33. The van der Waals surface area contributed by atoms with Gasteiger partial charge < -0.3 is 5.32 Å². The van der Waals surface area contributed by atoms with Gasteiger partial charge in [0.2, 0.25) is 0 Å². The summed E-state index contributed by atoms with van der Waals surface area (Å²) in [6, 6.07) is 11.2. The zero-order valence-electron chi connectivity index (χ0n) is 13.9. The molecule has 0 spiro atoms. The molecule has 0 radical (unpaired) electrons. The van der Waals surface area contributed by atoms with Gasteiger partial charge in [0.15, 0.2) is 0 Å². The van der Waals surface area contributed by atoms with E-state index in [1.54, 1.807) is 6.07 Å². The molecule has 0 aromatic heterocycles. The van der Waals surface area contributed by atoms with Crippen LogP contribution in [0, 0.1) is 0 Å². The van der Waals surface area contributed by atoms with Crippen LogP contribution in [0.5, 0.6) is 0 Å². The number of rotatable bonds is 6. The van der Waals surface area contributed by atoms with Crippen molar-refractivity contribution in [1.82, 2.24) is 0 Å². The van der Waals surface area contributed by atoms with Crippen molar-refractivity contribution in [2.24, 2.45) is 5.10 Å². The number of nitrogens with zero attached hydrogens (tertiary/aromatic N) is 2. The van der Waals surface area contributed by atoms with Gasteiger partial charge in [-0.25, -0.2) is 0 Å². The molecule has 0 amide bonds. The summed E-state index contributed by atoms with van der Waals surface area (Å²) in [7, 11) is 1.88. The Hall–Kier alpha value is -1.42.